The third-order valence-electron chi connectivity index (χ3n) is 4.25. The summed E-state index contributed by atoms with van der Waals surface area (Å²) < 4.78 is 60.9. The van der Waals surface area contributed by atoms with Crippen LogP contribution in [0.4, 0.5) is 23.5 Å². The summed E-state index contributed by atoms with van der Waals surface area (Å²) >= 11 is 0. The molecule has 0 spiro atoms. The van der Waals surface area contributed by atoms with E-state index < -0.39 is 19.3 Å². The van der Waals surface area contributed by atoms with Crippen LogP contribution in [0.3, 0.4) is 0 Å². The van der Waals surface area contributed by atoms with E-state index in [0.29, 0.717) is 22.8 Å². The molecule has 2 heterocycles. The van der Waals surface area contributed by atoms with Crippen molar-refractivity contribution in [1.29, 1.82) is 0 Å². The molecule has 150 valence electrons. The van der Waals surface area contributed by atoms with Gasteiger partial charge in [0.1, 0.15) is 23.9 Å². The average Bonchev–Trinajstić information content (AvgIpc) is 3.16. The molecule has 1 unspecified atom stereocenters. The fourth-order valence-corrected chi connectivity index (χ4v) is 3.07. The van der Waals surface area contributed by atoms with Gasteiger partial charge in [-0.05, 0) is 42.0 Å². The van der Waals surface area contributed by atoms with Gasteiger partial charge in [0, 0.05) is 11.3 Å². The Kier molecular flexibility index (Phi) is 5.07. The minimum atomic E-state index is -2.97. The number of aromatic nitrogens is 3. The first-order valence-corrected chi connectivity index (χ1v) is 8.48. The van der Waals surface area contributed by atoms with Crippen molar-refractivity contribution in [2.75, 3.05) is 5.32 Å². The van der Waals surface area contributed by atoms with Crippen LogP contribution in [-0.4, -0.2) is 28.0 Å². The second-order valence-electron chi connectivity index (χ2n) is 6.00. The Bertz CT molecular complexity index is 1020. The molecule has 1 aromatic heterocycles. The predicted molar refractivity (Wildman–Crippen MR) is 95.9 cm³/mol. The fraction of sp³-hybridized carbons (Fsp3) is 0.158. The molecule has 29 heavy (non-hydrogen) atoms. The van der Waals surface area contributed by atoms with Crippen molar-refractivity contribution >= 4 is 11.6 Å². The highest BCUT2D eigenvalue weighted by Gasteiger charge is 2.26. The maximum Gasteiger partial charge on any atom is 0.387 e. The lowest BCUT2D eigenvalue weighted by Gasteiger charge is -2.25. The number of para-hydroxylation sites is 1. The summed E-state index contributed by atoms with van der Waals surface area (Å²) in [6.07, 6.45) is 3.10. The zero-order valence-corrected chi connectivity index (χ0v) is 14.7. The highest BCUT2D eigenvalue weighted by atomic mass is 19.3. The normalized spacial score (nSPS) is 15.7. The zero-order valence-electron chi connectivity index (χ0n) is 14.7. The number of rotatable bonds is 6. The van der Waals surface area contributed by atoms with Crippen molar-refractivity contribution in [2.24, 2.45) is 0 Å². The van der Waals surface area contributed by atoms with Crippen LogP contribution in [0.2, 0.25) is 0 Å². The first kappa shape index (κ1) is 18.8. The van der Waals surface area contributed by atoms with Gasteiger partial charge in [0.2, 0.25) is 5.95 Å². The molecule has 1 N–H and O–H groups in total. The van der Waals surface area contributed by atoms with Crippen LogP contribution in [0, 0.1) is 0 Å². The number of nitrogens with zero attached hydrogens (tertiary/aromatic N) is 3. The molecule has 1 aliphatic heterocycles. The molecule has 4 rings (SSSR count). The quantitative estimate of drug-likeness (QED) is 0.610. The lowest BCUT2D eigenvalue weighted by atomic mass is 10.0. The van der Waals surface area contributed by atoms with Crippen LogP contribution in [0.25, 0.3) is 5.70 Å². The van der Waals surface area contributed by atoms with Crippen LogP contribution in [0.1, 0.15) is 17.2 Å². The van der Waals surface area contributed by atoms with Crippen molar-refractivity contribution < 1.29 is 27.0 Å². The number of ether oxygens (including phenoxy) is 2. The number of fused-ring (bicyclic) bond motifs is 1. The van der Waals surface area contributed by atoms with Gasteiger partial charge in [0.25, 0.3) is 0 Å². The minimum absolute atomic E-state index is 0.0205. The Morgan fingerprint density at radius 1 is 0.931 bits per heavy atom. The van der Waals surface area contributed by atoms with E-state index in [0.717, 1.165) is 0 Å². The van der Waals surface area contributed by atoms with E-state index in [1.807, 2.05) is 0 Å². The number of allylic oxidation sites excluding steroid dienone is 1. The van der Waals surface area contributed by atoms with Gasteiger partial charge in [-0.15, -0.1) is 0 Å². The van der Waals surface area contributed by atoms with Gasteiger partial charge >= 0.3 is 13.2 Å². The molecule has 1 aliphatic rings. The number of halogens is 4. The molecular formula is C19H14F4N4O2. The van der Waals surface area contributed by atoms with E-state index in [4.69, 9.17) is 0 Å². The van der Waals surface area contributed by atoms with Crippen LogP contribution >= 0.6 is 0 Å². The Labute approximate surface area is 162 Å². The molecule has 6 nitrogen and oxygen atoms in total. The van der Waals surface area contributed by atoms with Crippen molar-refractivity contribution in [1.82, 2.24) is 14.8 Å². The molecule has 0 saturated heterocycles. The number of hydrogen-bond donors (Lipinski definition) is 1. The lowest BCUT2D eigenvalue weighted by molar-refractivity contribution is -0.0510. The van der Waals surface area contributed by atoms with Crippen LogP contribution in [0.15, 0.2) is 60.9 Å². The summed E-state index contributed by atoms with van der Waals surface area (Å²) in [5.74, 6) is 0.440. The Morgan fingerprint density at radius 3 is 2.38 bits per heavy atom. The van der Waals surface area contributed by atoms with Crippen molar-refractivity contribution in [2.45, 2.75) is 19.3 Å². The molecule has 0 radical (unpaired) electrons. The molecule has 0 saturated carbocycles. The third kappa shape index (κ3) is 4.00. The fourth-order valence-electron chi connectivity index (χ4n) is 3.07. The highest BCUT2D eigenvalue weighted by Crippen LogP contribution is 2.36. The SMILES string of the molecule is FC(F)Oc1ccc(C2=CC(c3ccccc3OC(F)F)n3ncnc3N2)cc1. The molecule has 0 bridgehead atoms. The van der Waals surface area contributed by atoms with Crippen molar-refractivity contribution in [3.05, 3.63) is 72.1 Å². The minimum Gasteiger partial charge on any atom is -0.435 e. The van der Waals surface area contributed by atoms with Gasteiger partial charge in [0.05, 0.1) is 0 Å². The lowest BCUT2D eigenvalue weighted by Crippen LogP contribution is -2.21. The Balaban J connectivity index is 1.72. The van der Waals surface area contributed by atoms with Gasteiger partial charge in [-0.1, -0.05) is 18.2 Å². The van der Waals surface area contributed by atoms with Crippen LogP contribution in [0.5, 0.6) is 11.5 Å². The summed E-state index contributed by atoms with van der Waals surface area (Å²) in [5.41, 5.74) is 1.74. The van der Waals surface area contributed by atoms with Gasteiger partial charge in [-0.3, -0.25) is 0 Å². The second kappa shape index (κ2) is 7.82. The number of nitrogens with one attached hydrogen (secondary N) is 1. The number of hydrogen-bond acceptors (Lipinski definition) is 5. The summed E-state index contributed by atoms with van der Waals surface area (Å²) in [5, 5.41) is 7.25. The number of anilines is 1. The summed E-state index contributed by atoms with van der Waals surface area (Å²) in [6, 6.07) is 11.8. The largest absolute Gasteiger partial charge is 0.435 e. The molecule has 1 atom stereocenters. The Hall–Kier alpha value is -3.56. The standard InChI is InChI=1S/C19H14F4N4O2/c20-17(21)28-12-7-5-11(6-8-12)14-9-15(27-19(26-14)24-10-25-27)13-3-1-2-4-16(13)29-18(22)23/h1-10,15,17-18H,(H,24,25,26). The van der Waals surface area contributed by atoms with E-state index in [9.17, 15) is 17.6 Å². The highest BCUT2D eigenvalue weighted by molar-refractivity contribution is 5.77. The van der Waals surface area contributed by atoms with Crippen LogP contribution < -0.4 is 14.8 Å². The van der Waals surface area contributed by atoms with Crippen LogP contribution in [-0.2, 0) is 0 Å². The average molecular weight is 406 g/mol. The molecule has 0 amide bonds. The van der Waals surface area contributed by atoms with Gasteiger partial charge in [0.15, 0.2) is 0 Å². The van der Waals surface area contributed by atoms with E-state index >= 15 is 0 Å². The van der Waals surface area contributed by atoms with Crippen molar-refractivity contribution in [3.8, 4) is 11.5 Å². The monoisotopic (exact) mass is 406 g/mol. The Morgan fingerprint density at radius 2 is 1.66 bits per heavy atom. The summed E-state index contributed by atoms with van der Waals surface area (Å²) in [6.45, 7) is -5.89. The molecule has 10 heteroatoms. The first-order valence-electron chi connectivity index (χ1n) is 8.48. The molecular weight excluding hydrogens is 392 g/mol. The molecule has 0 fully saturated rings. The topological polar surface area (TPSA) is 61.2 Å². The van der Waals surface area contributed by atoms with Gasteiger partial charge in [-0.25, -0.2) is 4.68 Å². The van der Waals surface area contributed by atoms with E-state index in [-0.39, 0.29) is 11.5 Å². The molecule has 2 aromatic carbocycles. The second-order valence-corrected chi connectivity index (χ2v) is 6.00. The predicted octanol–water partition coefficient (Wildman–Crippen LogP) is 4.54. The van der Waals surface area contributed by atoms with Gasteiger partial charge in [-0.2, -0.15) is 27.6 Å². The summed E-state index contributed by atoms with van der Waals surface area (Å²) in [7, 11) is 0. The van der Waals surface area contributed by atoms with E-state index in [1.54, 1.807) is 36.4 Å². The molecule has 0 aliphatic carbocycles. The third-order valence-corrected chi connectivity index (χ3v) is 4.25. The first-order chi connectivity index (χ1) is 14.0. The smallest absolute Gasteiger partial charge is 0.387 e. The van der Waals surface area contributed by atoms with Gasteiger partial charge < -0.3 is 14.8 Å². The maximum atomic E-state index is 12.8. The maximum absolute atomic E-state index is 12.8. The number of alkyl halides is 4. The molecule has 3 aromatic rings. The van der Waals surface area contributed by atoms with Crippen molar-refractivity contribution in [3.63, 3.8) is 0 Å². The van der Waals surface area contributed by atoms with E-state index in [2.05, 4.69) is 24.9 Å². The zero-order chi connectivity index (χ0) is 20.4. The van der Waals surface area contributed by atoms with E-state index in [1.165, 1.54) is 29.2 Å². The number of benzene rings is 2. The summed E-state index contributed by atoms with van der Waals surface area (Å²) in [4.78, 5) is 4.14.